The minimum absolute atomic E-state index is 0. The second-order valence-electron chi connectivity index (χ2n) is 36.4. The molecule has 30 heteroatoms. The van der Waals surface area contributed by atoms with E-state index in [4.69, 9.17) is 0 Å². The highest BCUT2D eigenvalue weighted by Gasteiger charge is 2.45. The molecule has 21 nitrogen and oxygen atoms in total. The normalized spacial score (nSPS) is 12.4. The van der Waals surface area contributed by atoms with E-state index in [2.05, 4.69) is 188 Å². The van der Waals surface area contributed by atoms with Gasteiger partial charge in [-0.3, -0.25) is 28.8 Å². The topological polar surface area (TPSA) is 222 Å². The molecule has 0 atom stereocenters. The van der Waals surface area contributed by atoms with E-state index in [1.807, 2.05) is 63.6 Å². The summed E-state index contributed by atoms with van der Waals surface area (Å²) in [6.07, 6.45) is 24.4. The van der Waals surface area contributed by atoms with Gasteiger partial charge in [0.25, 0.3) is 11.8 Å². The van der Waals surface area contributed by atoms with Crippen LogP contribution in [0, 0.1) is 82.9 Å². The molecule has 0 unspecified atom stereocenters. The van der Waals surface area contributed by atoms with Crippen molar-refractivity contribution < 1.29 is 93.5 Å². The Hall–Kier alpha value is -5.03. The number of amides is 6. The summed E-state index contributed by atoms with van der Waals surface area (Å²) in [6.45, 7) is 63.9. The number of hydrogen-bond donors (Lipinski definition) is 0. The molecule has 6 amide bonds. The maximum absolute atomic E-state index is 13.6. The predicted octanol–water partition coefficient (Wildman–Crippen LogP) is 13.2. The minimum atomic E-state index is -6.25. The number of carbonyl (C=O) groups is 6. The van der Waals surface area contributed by atoms with Crippen LogP contribution in [0.25, 0.3) is 4.72 Å². The van der Waals surface area contributed by atoms with Gasteiger partial charge in [0.05, 0.1) is 13.1 Å². The smallest absolute Gasteiger partial charge is 0.495 e. The molecule has 0 bridgehead atoms. The van der Waals surface area contributed by atoms with Gasteiger partial charge in [-0.2, -0.15) is 26.3 Å². The van der Waals surface area contributed by atoms with Crippen LogP contribution in [0.2, 0.25) is 0 Å². The number of unbranched alkanes of at least 4 members (excludes halogenated alkanes) is 6. The lowest BCUT2D eigenvalue weighted by Gasteiger charge is -2.30. The molecule has 0 N–H and O–H groups in total. The number of nitrogens with zero attached hydrogens (tertiary/aromatic N) is 11. The Morgan fingerprint density at radius 1 is 0.336 bits per heavy atom. The third-order valence-corrected chi connectivity index (χ3v) is 20.1. The van der Waals surface area contributed by atoms with E-state index in [0.29, 0.717) is 110 Å². The van der Waals surface area contributed by atoms with E-state index in [-0.39, 0.29) is 59.7 Å². The van der Waals surface area contributed by atoms with Gasteiger partial charge in [0.1, 0.15) is 24.8 Å². The first-order valence-electron chi connectivity index (χ1n) is 41.7. The summed E-state index contributed by atoms with van der Waals surface area (Å²) in [5.74, 6) is 3.91. The number of aryl methyl sites for hydroxylation is 2. The van der Waals surface area contributed by atoms with Gasteiger partial charge in [0, 0.05) is 104 Å². The largest absolute Gasteiger partial charge is 1.00 e. The van der Waals surface area contributed by atoms with E-state index < -0.39 is 36.8 Å². The molecule has 2 rings (SSSR count). The minimum Gasteiger partial charge on any atom is -1.00 e. The molecule has 113 heavy (non-hydrogen) atoms. The third-order valence-electron chi connectivity index (χ3n) is 17.7. The summed E-state index contributed by atoms with van der Waals surface area (Å²) >= 11 is 0. The van der Waals surface area contributed by atoms with Crippen molar-refractivity contribution >= 4 is 55.3 Å². The Labute approximate surface area is 686 Å². The molecule has 2 aromatic rings. The molecule has 662 valence electrons. The van der Waals surface area contributed by atoms with Gasteiger partial charge >= 0.3 is 11.0 Å². The van der Waals surface area contributed by atoms with Crippen LogP contribution in [0.1, 0.15) is 256 Å². The Balaban J connectivity index is 0. The van der Waals surface area contributed by atoms with Gasteiger partial charge in [-0.25, -0.2) is 35.1 Å². The van der Waals surface area contributed by atoms with Crippen LogP contribution in [0.5, 0.6) is 0 Å². The van der Waals surface area contributed by atoms with Crippen LogP contribution in [0.3, 0.4) is 0 Å². The number of sulfonamides is 1. The lowest BCUT2D eigenvalue weighted by molar-refractivity contribution is -0.684. The average molecular weight is 1680 g/mol. The number of alkyl halides is 6. The van der Waals surface area contributed by atoms with E-state index >= 15 is 0 Å². The first-order chi connectivity index (χ1) is 51.6. The van der Waals surface area contributed by atoms with E-state index in [1.165, 1.54) is 4.72 Å². The number of rotatable bonds is 53. The number of halogens is 7. The molecule has 0 saturated carbocycles. The summed E-state index contributed by atoms with van der Waals surface area (Å²) < 4.78 is 120. The molecule has 0 radical (unpaired) electrons. The zero-order chi connectivity index (χ0) is 86.2. The summed E-state index contributed by atoms with van der Waals surface area (Å²) in [5.41, 5.74) is -11.8. The van der Waals surface area contributed by atoms with Crippen molar-refractivity contribution in [1.29, 1.82) is 0 Å². The SMILES string of the molecule is CC(C)CN(CC(C)C)C(=O)CC(CCCCCCn1cc[n+](CC(=O)N(CC(C)C)CC(C)C)c1)CC(=O)N(CC(C)C)CC(C)C.CC(C)CN(CC(C)C)C(=O)CC(CCCCCCn1cc[n+](CC(=O)N(CC(C)C)CC(C)C)c1)CC(=O)N(CC(C)C)CC(C)C.O=S(=O)(C[N-]S(=O)(=O)C(F)(F)F)C(F)(F)F.[Cl-]. The van der Waals surface area contributed by atoms with Crippen LogP contribution in [0.4, 0.5) is 26.3 Å². The number of hydrogen-bond acceptors (Lipinski definition) is 10. The predicted molar refractivity (Wildman–Crippen MR) is 437 cm³/mol. The van der Waals surface area contributed by atoms with Gasteiger partial charge < -0.3 is 46.5 Å². The monoisotopic (exact) mass is 1680 g/mol. The number of aromatic nitrogens is 4. The van der Waals surface area contributed by atoms with Crippen LogP contribution in [-0.2, 0) is 74.8 Å². The van der Waals surface area contributed by atoms with Crippen LogP contribution >= 0.6 is 0 Å². The summed E-state index contributed by atoms with van der Waals surface area (Å²) in [6, 6.07) is 0. The molecule has 0 spiro atoms. The lowest BCUT2D eigenvalue weighted by Crippen LogP contribution is -3.00. The fourth-order valence-electron chi connectivity index (χ4n) is 13.3. The van der Waals surface area contributed by atoms with E-state index in [1.54, 1.807) is 0 Å². The Morgan fingerprint density at radius 3 is 0.752 bits per heavy atom. The molecule has 0 aliphatic rings. The quantitative estimate of drug-likeness (QED) is 0.0346. The zero-order valence-corrected chi connectivity index (χ0v) is 76.3. The lowest BCUT2D eigenvalue weighted by atomic mass is 9.92. The first kappa shape index (κ1) is 110. The molecule has 2 heterocycles. The highest BCUT2D eigenvalue weighted by molar-refractivity contribution is 7.97. The standard InChI is InChI=1S/2C40H76N5O3.C3H2F6NO4S2.ClH/c2*1-31(2)23-43(24-32(3)4)38(46)21-37(22-39(47)44(25-33(5)6)26-34(7)8)17-15-13-14-16-18-41-19-20-42(30-41)29-40(48)45(27-35(9)10)28-36(11)12;4-2(5,6)15(11,12)1-10-16(13,14)3(7,8)9;/h2*19-20,30-37H,13-18,21-29H2,1-12H3;1H2;1H/q2*+1;-1;/p-1. The van der Waals surface area contributed by atoms with Crippen LogP contribution in [0.15, 0.2) is 37.4 Å². The van der Waals surface area contributed by atoms with Crippen LogP contribution < -0.4 is 21.5 Å². The van der Waals surface area contributed by atoms with Crippen LogP contribution in [-0.4, -0.2) is 186 Å². The van der Waals surface area contributed by atoms with Gasteiger partial charge in [0.2, 0.25) is 46.1 Å². The molecule has 0 saturated heterocycles. The second-order valence-corrected chi connectivity index (χ2v) is 40.0. The molecule has 0 aromatic carbocycles. The van der Waals surface area contributed by atoms with Crippen molar-refractivity contribution in [2.75, 3.05) is 84.4 Å². The van der Waals surface area contributed by atoms with Crippen molar-refractivity contribution in [3.8, 4) is 0 Å². The number of carbonyl (C=O) groups excluding carboxylic acids is 6. The Kier molecular flexibility index (Phi) is 54.1. The number of sulfone groups is 1. The summed E-state index contributed by atoms with van der Waals surface area (Å²) in [4.78, 5) is 92.6. The molecule has 0 aliphatic heterocycles. The highest BCUT2D eigenvalue weighted by atomic mass is 35.5. The number of imidazole rings is 2. The first-order valence-corrected chi connectivity index (χ1v) is 44.8. The van der Waals surface area contributed by atoms with Gasteiger partial charge in [-0.15, -0.1) is 0 Å². The van der Waals surface area contributed by atoms with Gasteiger partial charge in [-0.1, -0.05) is 192 Å². The van der Waals surface area contributed by atoms with Gasteiger partial charge in [-0.05, 0) is 127 Å². The molecule has 2 aromatic heterocycles. The maximum Gasteiger partial charge on any atom is 0.495 e. The van der Waals surface area contributed by atoms with Crippen molar-refractivity contribution in [2.24, 2.45) is 82.9 Å². The molecular formula is C83H154ClF6N11O10S2. The van der Waals surface area contributed by atoms with Gasteiger partial charge in [0.15, 0.2) is 23.1 Å². The average Bonchev–Trinajstić information content (AvgIpc) is 1.50. The Morgan fingerprint density at radius 2 is 0.549 bits per heavy atom. The zero-order valence-electron chi connectivity index (χ0n) is 73.9. The van der Waals surface area contributed by atoms with Crippen molar-refractivity contribution in [3.05, 3.63) is 42.2 Å². The van der Waals surface area contributed by atoms with Crippen molar-refractivity contribution in [2.45, 2.75) is 293 Å². The van der Waals surface area contributed by atoms with E-state index in [9.17, 15) is 71.9 Å². The van der Waals surface area contributed by atoms with Crippen molar-refractivity contribution in [3.63, 3.8) is 0 Å². The fourth-order valence-corrected chi connectivity index (χ4v) is 14.7. The van der Waals surface area contributed by atoms with E-state index in [0.717, 1.165) is 156 Å². The molecular weight excluding hydrogens is 1520 g/mol. The second kappa shape index (κ2) is 55.6. The fraction of sp³-hybridized carbons (Fsp3) is 0.855. The molecule has 0 fully saturated rings. The summed E-state index contributed by atoms with van der Waals surface area (Å²) in [5, 5.41) is 0. The maximum atomic E-state index is 13.6. The Bertz CT molecular complexity index is 2870. The van der Waals surface area contributed by atoms with Crippen molar-refractivity contribution in [1.82, 2.24) is 38.5 Å². The highest BCUT2D eigenvalue weighted by Crippen LogP contribution is 2.32. The summed E-state index contributed by atoms with van der Waals surface area (Å²) in [7, 11) is -12.3. The third kappa shape index (κ3) is 51.0. The molecule has 0 aliphatic carbocycles.